The van der Waals surface area contributed by atoms with Crippen LogP contribution in [0.4, 0.5) is 0 Å². The van der Waals surface area contributed by atoms with E-state index in [0.717, 1.165) is 12.8 Å². The average Bonchev–Trinajstić information content (AvgIpc) is 2.35. The summed E-state index contributed by atoms with van der Waals surface area (Å²) in [7, 11) is 0. The van der Waals surface area contributed by atoms with Crippen molar-refractivity contribution in [3.05, 3.63) is 0 Å². The van der Waals surface area contributed by atoms with Crippen LogP contribution in [0.5, 0.6) is 0 Å². The fourth-order valence-electron chi connectivity index (χ4n) is 2.03. The van der Waals surface area contributed by atoms with E-state index in [1.165, 1.54) is 0 Å². The lowest BCUT2D eigenvalue weighted by Gasteiger charge is -2.34. The van der Waals surface area contributed by atoms with Gasteiger partial charge in [0.25, 0.3) is 0 Å². The molecule has 4 heteroatoms. The minimum Gasteiger partial charge on any atom is -0.391 e. The van der Waals surface area contributed by atoms with E-state index in [1.54, 1.807) is 0 Å². The van der Waals surface area contributed by atoms with Crippen LogP contribution in [0.3, 0.4) is 0 Å². The van der Waals surface area contributed by atoms with Crippen molar-refractivity contribution in [3.63, 3.8) is 0 Å². The zero-order valence-electron chi connectivity index (χ0n) is 8.08. The minimum atomic E-state index is -0.901. The fourth-order valence-corrected chi connectivity index (χ4v) is 2.03. The molecule has 0 spiro atoms. The van der Waals surface area contributed by atoms with Crippen LogP contribution in [-0.2, 0) is 14.2 Å². The maximum atomic E-state index is 9.25. The Morgan fingerprint density at radius 3 is 2.85 bits per heavy atom. The Kier molecular flexibility index (Phi) is 2.11. The Labute approximate surface area is 77.8 Å². The summed E-state index contributed by atoms with van der Waals surface area (Å²) in [5.74, 6) is -1.54. The van der Waals surface area contributed by atoms with Crippen LogP contribution in [0.1, 0.15) is 26.7 Å². The molecule has 0 amide bonds. The highest BCUT2D eigenvalue weighted by Crippen LogP contribution is 2.41. The summed E-state index contributed by atoms with van der Waals surface area (Å²) in [6, 6.07) is 0. The van der Waals surface area contributed by atoms with Gasteiger partial charge in [0.1, 0.15) is 12.7 Å². The first-order valence-corrected chi connectivity index (χ1v) is 4.71. The Hall–Kier alpha value is -0.160. The van der Waals surface area contributed by atoms with Gasteiger partial charge in [-0.05, 0) is 26.7 Å². The molecule has 2 saturated heterocycles. The molecule has 2 fully saturated rings. The van der Waals surface area contributed by atoms with E-state index in [-0.39, 0.29) is 12.7 Å². The summed E-state index contributed by atoms with van der Waals surface area (Å²) in [6.45, 7) is 4.18. The van der Waals surface area contributed by atoms with Crippen molar-refractivity contribution < 1.29 is 19.3 Å². The van der Waals surface area contributed by atoms with Crippen molar-refractivity contribution in [2.24, 2.45) is 0 Å². The molecule has 13 heavy (non-hydrogen) atoms. The molecular weight excluding hydrogens is 172 g/mol. The van der Waals surface area contributed by atoms with Crippen LogP contribution in [-0.4, -0.2) is 36.0 Å². The number of hydrogen-bond donors (Lipinski definition) is 1. The van der Waals surface area contributed by atoms with Gasteiger partial charge < -0.3 is 19.3 Å². The normalized spacial score (nSPS) is 43.2. The van der Waals surface area contributed by atoms with E-state index in [2.05, 4.69) is 0 Å². The highest BCUT2D eigenvalue weighted by atomic mass is 16.8. The summed E-state index contributed by atoms with van der Waals surface area (Å²) in [5, 5.41) is 9.25. The largest absolute Gasteiger partial charge is 0.391 e. The zero-order chi connectivity index (χ0) is 9.53. The van der Waals surface area contributed by atoms with Gasteiger partial charge >= 0.3 is 0 Å². The van der Waals surface area contributed by atoms with E-state index >= 15 is 0 Å². The van der Waals surface area contributed by atoms with Crippen molar-refractivity contribution in [1.29, 1.82) is 0 Å². The molecule has 0 aromatic rings. The minimum absolute atomic E-state index is 0.124. The zero-order valence-corrected chi connectivity index (χ0v) is 8.08. The van der Waals surface area contributed by atoms with Crippen LogP contribution in [0, 0.1) is 0 Å². The van der Waals surface area contributed by atoms with Gasteiger partial charge in [-0.1, -0.05) is 0 Å². The Morgan fingerprint density at radius 1 is 1.46 bits per heavy atom. The van der Waals surface area contributed by atoms with Gasteiger partial charge in [0.2, 0.25) is 5.79 Å². The van der Waals surface area contributed by atoms with E-state index in [4.69, 9.17) is 14.2 Å². The second-order valence-corrected chi connectivity index (χ2v) is 4.07. The molecule has 0 aromatic heterocycles. The standard InChI is InChI=1S/C9H16O4/c1-8(2)12-7-4-3-5-11-9(7,6-10)13-8/h7,10H,3-6H2,1-2H3/t7-,9-/m0/s1. The predicted octanol–water partition coefficient (Wildman–Crippen LogP) is 0.637. The Bertz CT molecular complexity index is 204. The van der Waals surface area contributed by atoms with Gasteiger partial charge in [-0.15, -0.1) is 0 Å². The van der Waals surface area contributed by atoms with Crippen LogP contribution in [0.25, 0.3) is 0 Å². The highest BCUT2D eigenvalue weighted by molar-refractivity contribution is 4.91. The molecule has 2 heterocycles. The molecule has 0 aliphatic carbocycles. The van der Waals surface area contributed by atoms with Crippen molar-refractivity contribution >= 4 is 0 Å². The van der Waals surface area contributed by atoms with Crippen LogP contribution < -0.4 is 0 Å². The number of hydrogen-bond acceptors (Lipinski definition) is 4. The van der Waals surface area contributed by atoms with E-state index in [1.807, 2.05) is 13.8 Å². The first-order valence-electron chi connectivity index (χ1n) is 4.71. The molecule has 2 aliphatic heterocycles. The molecule has 2 rings (SSSR count). The SMILES string of the molecule is CC1(C)O[C@H]2CCCO[C@@]2(CO)O1. The number of aliphatic hydroxyl groups is 1. The van der Waals surface area contributed by atoms with Gasteiger partial charge in [0, 0.05) is 0 Å². The number of aliphatic hydroxyl groups excluding tert-OH is 1. The summed E-state index contributed by atoms with van der Waals surface area (Å²) in [6.07, 6.45) is 1.73. The van der Waals surface area contributed by atoms with Crippen LogP contribution in [0.2, 0.25) is 0 Å². The molecule has 1 N–H and O–H groups in total. The molecule has 0 saturated carbocycles. The first kappa shape index (κ1) is 9.40. The second-order valence-electron chi connectivity index (χ2n) is 4.07. The topological polar surface area (TPSA) is 47.9 Å². The predicted molar refractivity (Wildman–Crippen MR) is 45.0 cm³/mol. The summed E-state index contributed by atoms with van der Waals surface area (Å²) in [5.41, 5.74) is 0. The summed E-state index contributed by atoms with van der Waals surface area (Å²) < 4.78 is 16.7. The summed E-state index contributed by atoms with van der Waals surface area (Å²) >= 11 is 0. The maximum absolute atomic E-state index is 9.25. The average molecular weight is 188 g/mol. The van der Waals surface area contributed by atoms with Gasteiger partial charge in [0.15, 0.2) is 5.79 Å². The van der Waals surface area contributed by atoms with Crippen molar-refractivity contribution in [3.8, 4) is 0 Å². The van der Waals surface area contributed by atoms with Crippen molar-refractivity contribution in [2.45, 2.75) is 44.4 Å². The molecule has 4 nitrogen and oxygen atoms in total. The number of ether oxygens (including phenoxy) is 3. The maximum Gasteiger partial charge on any atom is 0.221 e. The third-order valence-electron chi connectivity index (χ3n) is 2.51. The Morgan fingerprint density at radius 2 is 2.23 bits per heavy atom. The van der Waals surface area contributed by atoms with Crippen LogP contribution in [0.15, 0.2) is 0 Å². The third-order valence-corrected chi connectivity index (χ3v) is 2.51. The molecule has 0 bridgehead atoms. The smallest absolute Gasteiger partial charge is 0.221 e. The van der Waals surface area contributed by atoms with Gasteiger partial charge in [-0.2, -0.15) is 0 Å². The van der Waals surface area contributed by atoms with Gasteiger partial charge in [-0.3, -0.25) is 0 Å². The lowest BCUT2D eigenvalue weighted by molar-refractivity contribution is -0.278. The third kappa shape index (κ3) is 1.48. The van der Waals surface area contributed by atoms with Gasteiger partial charge in [0.05, 0.1) is 6.61 Å². The van der Waals surface area contributed by atoms with E-state index in [9.17, 15) is 5.11 Å². The molecule has 2 aliphatic rings. The number of fused-ring (bicyclic) bond motifs is 1. The summed E-state index contributed by atoms with van der Waals surface area (Å²) in [4.78, 5) is 0. The molecule has 0 radical (unpaired) electrons. The van der Waals surface area contributed by atoms with Gasteiger partial charge in [-0.25, -0.2) is 0 Å². The van der Waals surface area contributed by atoms with Crippen LogP contribution >= 0.6 is 0 Å². The van der Waals surface area contributed by atoms with Crippen molar-refractivity contribution in [1.82, 2.24) is 0 Å². The fraction of sp³-hybridized carbons (Fsp3) is 1.00. The monoisotopic (exact) mass is 188 g/mol. The van der Waals surface area contributed by atoms with Crippen molar-refractivity contribution in [2.75, 3.05) is 13.2 Å². The van der Waals surface area contributed by atoms with E-state index in [0.29, 0.717) is 6.61 Å². The quantitative estimate of drug-likeness (QED) is 0.656. The molecule has 2 atom stereocenters. The molecule has 0 aromatic carbocycles. The molecule has 0 unspecified atom stereocenters. The molecule has 76 valence electrons. The first-order chi connectivity index (χ1) is 6.08. The Balaban J connectivity index is 2.19. The second kappa shape index (κ2) is 2.92. The lowest BCUT2D eigenvalue weighted by Crippen LogP contribution is -2.49. The molecular formula is C9H16O4. The number of rotatable bonds is 1. The lowest BCUT2D eigenvalue weighted by atomic mass is 10.0. The van der Waals surface area contributed by atoms with E-state index < -0.39 is 11.6 Å². The highest BCUT2D eigenvalue weighted by Gasteiger charge is 2.55.